The molecule has 0 radical (unpaired) electrons. The summed E-state index contributed by atoms with van der Waals surface area (Å²) in [5, 5.41) is 0. The summed E-state index contributed by atoms with van der Waals surface area (Å²) in [4.78, 5) is 29.2. The second-order valence-corrected chi connectivity index (χ2v) is 7.50. The molecule has 2 aromatic rings. The van der Waals surface area contributed by atoms with Gasteiger partial charge in [-0.05, 0) is 29.7 Å². The second-order valence-electron chi connectivity index (χ2n) is 7.50. The summed E-state index contributed by atoms with van der Waals surface area (Å²) in [6, 6.07) is 15.1. The van der Waals surface area contributed by atoms with Gasteiger partial charge in [0.15, 0.2) is 5.78 Å². The predicted molar refractivity (Wildman–Crippen MR) is 110 cm³/mol. The van der Waals surface area contributed by atoms with Crippen molar-refractivity contribution in [3.63, 3.8) is 0 Å². The van der Waals surface area contributed by atoms with Crippen LogP contribution in [0.25, 0.3) is 0 Å². The van der Waals surface area contributed by atoms with E-state index in [1.165, 1.54) is 5.56 Å². The number of benzene rings is 2. The Morgan fingerprint density at radius 3 is 2.25 bits per heavy atom. The molecule has 148 valence electrons. The van der Waals surface area contributed by atoms with Crippen LogP contribution in [0, 0.1) is 0 Å². The van der Waals surface area contributed by atoms with Gasteiger partial charge < -0.3 is 9.64 Å². The Bertz CT molecular complexity index is 822. The number of piperazine rings is 1. The van der Waals surface area contributed by atoms with Crippen molar-refractivity contribution in [3.05, 3.63) is 65.2 Å². The van der Waals surface area contributed by atoms with Gasteiger partial charge in [-0.25, -0.2) is 0 Å². The van der Waals surface area contributed by atoms with Gasteiger partial charge in [-0.1, -0.05) is 44.2 Å². The molecule has 0 atom stereocenters. The average molecular weight is 380 g/mol. The lowest BCUT2D eigenvalue weighted by molar-refractivity contribution is 0.0624. The Balaban J connectivity index is 1.53. The standard InChI is InChI=1S/C23H28N2O3/c1-17(2)18-7-9-19(10-8-18)22(26)16-24-11-13-25(14-12-24)23(27)20-5-4-6-21(15-20)28-3/h4-10,15,17H,11-14,16H2,1-3H3. The van der Waals surface area contributed by atoms with Crippen LogP contribution in [0.3, 0.4) is 0 Å². The number of hydrogen-bond donors (Lipinski definition) is 0. The molecule has 0 bridgehead atoms. The van der Waals surface area contributed by atoms with Gasteiger partial charge in [0.25, 0.3) is 5.91 Å². The van der Waals surface area contributed by atoms with E-state index in [1.54, 1.807) is 13.2 Å². The first-order chi connectivity index (χ1) is 13.5. The van der Waals surface area contributed by atoms with Crippen molar-refractivity contribution in [2.24, 2.45) is 0 Å². The zero-order valence-corrected chi connectivity index (χ0v) is 16.9. The van der Waals surface area contributed by atoms with Gasteiger partial charge in [0.05, 0.1) is 13.7 Å². The number of rotatable bonds is 6. The van der Waals surface area contributed by atoms with Crippen molar-refractivity contribution >= 4 is 11.7 Å². The molecule has 0 aliphatic carbocycles. The van der Waals surface area contributed by atoms with E-state index in [4.69, 9.17) is 4.74 Å². The van der Waals surface area contributed by atoms with Gasteiger partial charge >= 0.3 is 0 Å². The summed E-state index contributed by atoms with van der Waals surface area (Å²) < 4.78 is 5.20. The van der Waals surface area contributed by atoms with Crippen molar-refractivity contribution in [1.82, 2.24) is 9.80 Å². The molecule has 0 N–H and O–H groups in total. The minimum absolute atomic E-state index is 0.00847. The molecule has 2 aromatic carbocycles. The Labute approximate surface area is 166 Å². The topological polar surface area (TPSA) is 49.9 Å². The number of hydrogen-bond acceptors (Lipinski definition) is 4. The molecule has 1 aliphatic heterocycles. The first kappa shape index (κ1) is 20.1. The van der Waals surface area contributed by atoms with Crippen molar-refractivity contribution in [2.75, 3.05) is 39.8 Å². The molecule has 0 aromatic heterocycles. The van der Waals surface area contributed by atoms with E-state index < -0.39 is 0 Å². The number of carbonyl (C=O) groups is 2. The molecule has 0 saturated carbocycles. The number of ketones is 1. The SMILES string of the molecule is COc1cccc(C(=O)N2CCN(CC(=O)c3ccc(C(C)C)cc3)CC2)c1. The lowest BCUT2D eigenvalue weighted by Crippen LogP contribution is -2.49. The normalized spacial score (nSPS) is 14.9. The van der Waals surface area contributed by atoms with E-state index in [2.05, 4.69) is 18.7 Å². The average Bonchev–Trinajstić information content (AvgIpc) is 2.73. The summed E-state index contributed by atoms with van der Waals surface area (Å²) in [5.74, 6) is 1.27. The number of amides is 1. The third kappa shape index (κ3) is 4.78. The second kappa shape index (κ2) is 9.02. The number of carbonyl (C=O) groups excluding carboxylic acids is 2. The Morgan fingerprint density at radius 1 is 0.964 bits per heavy atom. The van der Waals surface area contributed by atoms with Crippen LogP contribution in [0.15, 0.2) is 48.5 Å². The maximum Gasteiger partial charge on any atom is 0.254 e. The third-order valence-corrected chi connectivity index (χ3v) is 5.24. The minimum Gasteiger partial charge on any atom is -0.497 e. The molecule has 5 heteroatoms. The molecule has 0 unspecified atom stereocenters. The van der Waals surface area contributed by atoms with E-state index in [0.29, 0.717) is 50.0 Å². The monoisotopic (exact) mass is 380 g/mol. The van der Waals surface area contributed by atoms with Crippen LogP contribution in [0.4, 0.5) is 0 Å². The smallest absolute Gasteiger partial charge is 0.254 e. The van der Waals surface area contributed by atoms with E-state index in [1.807, 2.05) is 47.4 Å². The van der Waals surface area contributed by atoms with Crippen molar-refractivity contribution in [1.29, 1.82) is 0 Å². The summed E-state index contributed by atoms with van der Waals surface area (Å²) in [5.41, 5.74) is 2.62. The molecule has 5 nitrogen and oxygen atoms in total. The fourth-order valence-electron chi connectivity index (χ4n) is 3.40. The highest BCUT2D eigenvalue weighted by molar-refractivity contribution is 5.97. The van der Waals surface area contributed by atoms with Crippen molar-refractivity contribution < 1.29 is 14.3 Å². The number of nitrogens with zero attached hydrogens (tertiary/aromatic N) is 2. The summed E-state index contributed by atoms with van der Waals surface area (Å²) in [6.07, 6.45) is 0. The first-order valence-electron chi connectivity index (χ1n) is 9.77. The molecule has 28 heavy (non-hydrogen) atoms. The summed E-state index contributed by atoms with van der Waals surface area (Å²) in [6.45, 7) is 7.32. The zero-order valence-electron chi connectivity index (χ0n) is 16.9. The molecule has 1 fully saturated rings. The molecule has 1 aliphatic rings. The zero-order chi connectivity index (χ0) is 20.1. The molecular weight excluding hydrogens is 352 g/mol. The van der Waals surface area contributed by atoms with Crippen LogP contribution in [-0.4, -0.2) is 61.3 Å². The molecule has 0 spiro atoms. The van der Waals surface area contributed by atoms with Crippen LogP contribution in [-0.2, 0) is 0 Å². The number of ether oxygens (including phenoxy) is 1. The number of Topliss-reactive ketones (excluding diaryl/α,β-unsaturated/α-hetero) is 1. The number of methoxy groups -OCH3 is 1. The maximum atomic E-state index is 12.7. The van der Waals surface area contributed by atoms with E-state index in [0.717, 1.165) is 5.56 Å². The van der Waals surface area contributed by atoms with E-state index >= 15 is 0 Å². The molecule has 3 rings (SSSR count). The third-order valence-electron chi connectivity index (χ3n) is 5.24. The van der Waals surface area contributed by atoms with Crippen LogP contribution >= 0.6 is 0 Å². The molecule has 1 saturated heterocycles. The predicted octanol–water partition coefficient (Wildman–Crippen LogP) is 3.46. The fraction of sp³-hybridized carbons (Fsp3) is 0.391. The van der Waals surface area contributed by atoms with Gasteiger partial charge in [-0.3, -0.25) is 14.5 Å². The summed E-state index contributed by atoms with van der Waals surface area (Å²) in [7, 11) is 1.59. The maximum absolute atomic E-state index is 12.7. The Hall–Kier alpha value is -2.66. The first-order valence-corrected chi connectivity index (χ1v) is 9.77. The van der Waals surface area contributed by atoms with E-state index in [9.17, 15) is 9.59 Å². The lowest BCUT2D eigenvalue weighted by atomic mass is 10.0. The van der Waals surface area contributed by atoms with Gasteiger partial charge in [0.2, 0.25) is 0 Å². The van der Waals surface area contributed by atoms with Crippen LogP contribution < -0.4 is 4.74 Å². The molecule has 1 heterocycles. The van der Waals surface area contributed by atoms with Crippen LogP contribution in [0.2, 0.25) is 0 Å². The highest BCUT2D eigenvalue weighted by atomic mass is 16.5. The van der Waals surface area contributed by atoms with Crippen LogP contribution in [0.5, 0.6) is 5.75 Å². The lowest BCUT2D eigenvalue weighted by Gasteiger charge is -2.34. The van der Waals surface area contributed by atoms with Crippen molar-refractivity contribution in [2.45, 2.75) is 19.8 Å². The summed E-state index contributed by atoms with van der Waals surface area (Å²) >= 11 is 0. The van der Waals surface area contributed by atoms with Crippen molar-refractivity contribution in [3.8, 4) is 5.75 Å². The van der Waals surface area contributed by atoms with Gasteiger partial charge in [0.1, 0.15) is 5.75 Å². The van der Waals surface area contributed by atoms with Gasteiger partial charge in [-0.2, -0.15) is 0 Å². The highest BCUT2D eigenvalue weighted by Gasteiger charge is 2.23. The molecular formula is C23H28N2O3. The van der Waals surface area contributed by atoms with Gasteiger partial charge in [-0.15, -0.1) is 0 Å². The largest absolute Gasteiger partial charge is 0.497 e. The highest BCUT2D eigenvalue weighted by Crippen LogP contribution is 2.17. The Kier molecular flexibility index (Phi) is 6.47. The fourth-order valence-corrected chi connectivity index (χ4v) is 3.40. The van der Waals surface area contributed by atoms with Crippen LogP contribution in [0.1, 0.15) is 46.0 Å². The van der Waals surface area contributed by atoms with E-state index in [-0.39, 0.29) is 11.7 Å². The quantitative estimate of drug-likeness (QED) is 0.720. The molecule has 1 amide bonds. The van der Waals surface area contributed by atoms with Gasteiger partial charge in [0, 0.05) is 37.3 Å². The Morgan fingerprint density at radius 2 is 1.64 bits per heavy atom. The minimum atomic E-state index is 0.00847.